The molecular weight excluding hydrogens is 271 g/mol. The molecule has 1 aromatic carbocycles. The maximum atomic E-state index is 13.7. The van der Waals surface area contributed by atoms with Crippen molar-refractivity contribution in [1.29, 1.82) is 0 Å². The summed E-state index contributed by atoms with van der Waals surface area (Å²) in [5.41, 5.74) is -0.938. The van der Waals surface area contributed by atoms with Crippen molar-refractivity contribution in [3.63, 3.8) is 0 Å². The summed E-state index contributed by atoms with van der Waals surface area (Å²) >= 11 is 0. The van der Waals surface area contributed by atoms with Gasteiger partial charge in [0.25, 0.3) is 5.69 Å². The number of nitrogens with zero attached hydrogens (tertiary/aromatic N) is 1. The Bertz CT molecular complexity index is 507. The van der Waals surface area contributed by atoms with Gasteiger partial charge in [-0.1, -0.05) is 0 Å². The van der Waals surface area contributed by atoms with Gasteiger partial charge in [-0.3, -0.25) is 10.1 Å². The third-order valence-electron chi connectivity index (χ3n) is 2.40. The minimum absolute atomic E-state index is 0.0179. The predicted molar refractivity (Wildman–Crippen MR) is 69.4 cm³/mol. The van der Waals surface area contributed by atoms with E-state index in [0.717, 1.165) is 6.07 Å². The fourth-order valence-electron chi connectivity index (χ4n) is 1.51. The SMILES string of the molecule is CCOC(=O)c1cc(NCCOC)c(F)cc1[N+](=O)[O-]. The molecule has 1 rings (SSSR count). The smallest absolute Gasteiger partial charge is 0.345 e. The van der Waals surface area contributed by atoms with Crippen molar-refractivity contribution >= 4 is 17.3 Å². The first-order chi connectivity index (χ1) is 9.51. The van der Waals surface area contributed by atoms with Gasteiger partial charge in [-0.15, -0.1) is 0 Å². The van der Waals surface area contributed by atoms with Crippen LogP contribution >= 0.6 is 0 Å². The number of nitro benzene ring substituents is 1. The molecule has 0 atom stereocenters. The quantitative estimate of drug-likeness (QED) is 0.356. The van der Waals surface area contributed by atoms with Crippen molar-refractivity contribution in [3.05, 3.63) is 33.6 Å². The predicted octanol–water partition coefficient (Wildman–Crippen LogP) is 1.97. The number of hydrogen-bond donors (Lipinski definition) is 1. The molecule has 110 valence electrons. The maximum absolute atomic E-state index is 13.7. The van der Waals surface area contributed by atoms with Crippen LogP contribution in [0.2, 0.25) is 0 Å². The van der Waals surface area contributed by atoms with E-state index < -0.39 is 22.4 Å². The summed E-state index contributed by atoms with van der Waals surface area (Å²) in [6.07, 6.45) is 0. The Hall–Kier alpha value is -2.22. The highest BCUT2D eigenvalue weighted by molar-refractivity contribution is 5.95. The van der Waals surface area contributed by atoms with Gasteiger partial charge in [-0.05, 0) is 13.0 Å². The summed E-state index contributed by atoms with van der Waals surface area (Å²) in [5.74, 6) is -1.69. The minimum atomic E-state index is -0.867. The molecule has 0 aliphatic rings. The second-order valence-electron chi connectivity index (χ2n) is 3.75. The van der Waals surface area contributed by atoms with Crippen LogP contribution in [0.25, 0.3) is 0 Å². The molecule has 0 aliphatic carbocycles. The highest BCUT2D eigenvalue weighted by Crippen LogP contribution is 2.26. The molecule has 0 fully saturated rings. The van der Waals surface area contributed by atoms with E-state index in [0.29, 0.717) is 19.2 Å². The first kappa shape index (κ1) is 15.8. The summed E-state index contributed by atoms with van der Waals surface area (Å²) in [5, 5.41) is 13.5. The van der Waals surface area contributed by atoms with Crippen molar-refractivity contribution < 1.29 is 23.6 Å². The van der Waals surface area contributed by atoms with Crippen LogP contribution in [0.3, 0.4) is 0 Å². The lowest BCUT2D eigenvalue weighted by Gasteiger charge is -2.09. The van der Waals surface area contributed by atoms with Gasteiger partial charge in [-0.2, -0.15) is 0 Å². The van der Waals surface area contributed by atoms with E-state index in [1.807, 2.05) is 0 Å². The molecule has 0 saturated heterocycles. The maximum Gasteiger partial charge on any atom is 0.345 e. The molecule has 1 N–H and O–H groups in total. The van der Waals surface area contributed by atoms with Crippen LogP contribution < -0.4 is 5.32 Å². The van der Waals surface area contributed by atoms with E-state index in [1.165, 1.54) is 7.11 Å². The number of carbonyl (C=O) groups is 1. The Morgan fingerprint density at radius 1 is 1.50 bits per heavy atom. The number of anilines is 1. The molecule has 0 spiro atoms. The number of hydrogen-bond acceptors (Lipinski definition) is 6. The molecule has 0 radical (unpaired) electrons. The first-order valence-corrected chi connectivity index (χ1v) is 5.89. The largest absolute Gasteiger partial charge is 0.462 e. The second-order valence-corrected chi connectivity index (χ2v) is 3.75. The van der Waals surface area contributed by atoms with Crippen LogP contribution in [-0.4, -0.2) is 37.8 Å². The fraction of sp³-hybridized carbons (Fsp3) is 0.417. The van der Waals surface area contributed by atoms with Gasteiger partial charge in [-0.25, -0.2) is 9.18 Å². The van der Waals surface area contributed by atoms with Gasteiger partial charge in [0.15, 0.2) is 5.82 Å². The number of esters is 1. The second kappa shape index (κ2) is 7.39. The van der Waals surface area contributed by atoms with Crippen LogP contribution in [0.5, 0.6) is 0 Å². The number of rotatable bonds is 7. The van der Waals surface area contributed by atoms with Crippen LogP contribution in [-0.2, 0) is 9.47 Å². The van der Waals surface area contributed by atoms with Crippen molar-refractivity contribution in [2.45, 2.75) is 6.92 Å². The Kier molecular flexibility index (Phi) is 5.85. The van der Waals surface area contributed by atoms with Gasteiger partial charge >= 0.3 is 5.97 Å². The van der Waals surface area contributed by atoms with Gasteiger partial charge in [0, 0.05) is 13.7 Å². The standard InChI is InChI=1S/C12H15FN2O5/c1-3-20-12(16)8-6-10(14-4-5-19-2)9(13)7-11(8)15(17)18/h6-7,14H,3-5H2,1-2H3. The van der Waals surface area contributed by atoms with Gasteiger partial charge in [0.2, 0.25) is 0 Å². The number of methoxy groups -OCH3 is 1. The van der Waals surface area contributed by atoms with E-state index >= 15 is 0 Å². The summed E-state index contributed by atoms with van der Waals surface area (Å²) < 4.78 is 23.2. The van der Waals surface area contributed by atoms with Crippen molar-refractivity contribution in [3.8, 4) is 0 Å². The number of nitro groups is 1. The van der Waals surface area contributed by atoms with E-state index in [1.54, 1.807) is 6.92 Å². The molecule has 20 heavy (non-hydrogen) atoms. The van der Waals surface area contributed by atoms with E-state index in [4.69, 9.17) is 9.47 Å². The molecule has 0 heterocycles. The molecule has 0 unspecified atom stereocenters. The van der Waals surface area contributed by atoms with Crippen LogP contribution in [0.15, 0.2) is 12.1 Å². The van der Waals surface area contributed by atoms with Crippen molar-refractivity contribution in [2.75, 3.05) is 32.2 Å². The number of benzene rings is 1. The van der Waals surface area contributed by atoms with Crippen molar-refractivity contribution in [1.82, 2.24) is 0 Å². The zero-order valence-corrected chi connectivity index (χ0v) is 11.1. The summed E-state index contributed by atoms with van der Waals surface area (Å²) in [7, 11) is 1.48. The Morgan fingerprint density at radius 3 is 2.75 bits per heavy atom. The number of carbonyl (C=O) groups excluding carboxylic acids is 1. The summed E-state index contributed by atoms with van der Waals surface area (Å²) in [6, 6.07) is 1.77. The number of ether oxygens (including phenoxy) is 2. The third kappa shape index (κ3) is 3.89. The van der Waals surface area contributed by atoms with Crippen LogP contribution in [0.4, 0.5) is 15.8 Å². The third-order valence-corrected chi connectivity index (χ3v) is 2.40. The van der Waals surface area contributed by atoms with E-state index in [2.05, 4.69) is 5.32 Å². The molecule has 1 aromatic rings. The van der Waals surface area contributed by atoms with Gasteiger partial charge in [0.1, 0.15) is 5.56 Å². The molecular formula is C12H15FN2O5. The summed E-state index contributed by atoms with van der Waals surface area (Å²) in [6.45, 7) is 2.27. The van der Waals surface area contributed by atoms with Crippen molar-refractivity contribution in [2.24, 2.45) is 0 Å². The number of nitrogens with one attached hydrogen (secondary N) is 1. The van der Waals surface area contributed by atoms with Crippen LogP contribution in [0, 0.1) is 15.9 Å². The normalized spacial score (nSPS) is 10.2. The Morgan fingerprint density at radius 2 is 2.20 bits per heavy atom. The number of halogens is 1. The first-order valence-electron chi connectivity index (χ1n) is 5.89. The highest BCUT2D eigenvalue weighted by atomic mass is 19.1. The van der Waals surface area contributed by atoms with Crippen LogP contribution in [0.1, 0.15) is 17.3 Å². The monoisotopic (exact) mass is 286 g/mol. The topological polar surface area (TPSA) is 90.7 Å². The lowest BCUT2D eigenvalue weighted by Crippen LogP contribution is -2.12. The van der Waals surface area contributed by atoms with E-state index in [-0.39, 0.29) is 17.9 Å². The molecule has 0 aliphatic heterocycles. The lowest BCUT2D eigenvalue weighted by molar-refractivity contribution is -0.385. The summed E-state index contributed by atoms with van der Waals surface area (Å²) in [4.78, 5) is 21.7. The lowest BCUT2D eigenvalue weighted by atomic mass is 10.1. The Labute approximate surface area is 114 Å². The molecule has 7 nitrogen and oxygen atoms in total. The average Bonchev–Trinajstić information content (AvgIpc) is 2.40. The van der Waals surface area contributed by atoms with Gasteiger partial charge < -0.3 is 14.8 Å². The molecule has 8 heteroatoms. The molecule has 0 aromatic heterocycles. The van der Waals surface area contributed by atoms with E-state index in [9.17, 15) is 19.3 Å². The van der Waals surface area contributed by atoms with Gasteiger partial charge in [0.05, 0.1) is 29.9 Å². The molecule has 0 saturated carbocycles. The molecule has 0 amide bonds. The zero-order valence-electron chi connectivity index (χ0n) is 11.1. The zero-order chi connectivity index (χ0) is 15.1. The minimum Gasteiger partial charge on any atom is -0.462 e. The Balaban J connectivity index is 3.13. The highest BCUT2D eigenvalue weighted by Gasteiger charge is 2.24. The molecule has 0 bridgehead atoms. The fourth-order valence-corrected chi connectivity index (χ4v) is 1.51. The average molecular weight is 286 g/mol.